The molecule has 0 unspecified atom stereocenters. The fourth-order valence-electron chi connectivity index (χ4n) is 9.64. The summed E-state index contributed by atoms with van der Waals surface area (Å²) in [6.07, 6.45) is 17.2. The number of likely N-dealkylation sites (tertiary alicyclic amines) is 3. The Morgan fingerprint density at radius 1 is 0.570 bits per heavy atom. The van der Waals surface area contributed by atoms with Crippen LogP contribution in [0.15, 0.2) is 123 Å². The SMILES string of the molecule is C=CC(=O)Nc1ccc(C(=O)N2CC[C@@H](Cc3cnc(C)cn3)C2)cc1.C=CC(=O)Nc1ccc(C(=O)O)cc1.CC(C)(C)OC(=O)N1CC[C@@H](N)C1.Cc1cnc(C[C@@H]2CCN(C(=O)OC(C)(C)C)C2)cn1.Cc1cnc(C[C@@H]2CCNC2)cn1.Cc1cnc(Cl)cn1.O=CC(F)(F)F. The zero-order chi connectivity index (χ0) is 74.2. The molecule has 4 saturated heterocycles. The van der Waals surface area contributed by atoms with Gasteiger partial charge in [0.2, 0.25) is 18.1 Å². The summed E-state index contributed by atoms with van der Waals surface area (Å²) in [6, 6.07) is 12.9. The maximum atomic E-state index is 12.7. The monoisotopic (exact) mass is 1410 g/mol. The first kappa shape index (κ1) is 82.8. The van der Waals surface area contributed by atoms with Crippen molar-refractivity contribution < 1.29 is 61.3 Å². The third-order valence-corrected chi connectivity index (χ3v) is 14.8. The zero-order valence-electron chi connectivity index (χ0n) is 58.4. The number of benzene rings is 2. The van der Waals surface area contributed by atoms with Gasteiger partial charge in [-0.05, 0) is 206 Å². The maximum absolute atomic E-state index is 12.7. The Balaban J connectivity index is 0.000000258. The molecule has 4 aliphatic rings. The molecule has 0 aliphatic carbocycles. The molecule has 4 aliphatic heterocycles. The number of carbonyl (C=O) groups is 7. The van der Waals surface area contributed by atoms with Gasteiger partial charge in [-0.15, -0.1) is 0 Å². The third kappa shape index (κ3) is 33.7. The number of hydrogen-bond acceptors (Lipinski definition) is 19. The number of nitrogens with zero attached hydrogens (tertiary/aromatic N) is 11. The summed E-state index contributed by atoms with van der Waals surface area (Å²) in [7, 11) is 0. The van der Waals surface area contributed by atoms with E-state index < -0.39 is 29.6 Å². The van der Waals surface area contributed by atoms with Gasteiger partial charge < -0.3 is 51.0 Å². The molecule has 8 heterocycles. The minimum atomic E-state index is -4.64. The number of carboxylic acids is 1. The van der Waals surface area contributed by atoms with Crippen LogP contribution in [0.2, 0.25) is 5.15 Å². The number of aryl methyl sites for hydroxylation is 4. The molecule has 10 rings (SSSR count). The molecule has 100 heavy (non-hydrogen) atoms. The standard InChI is InChI=1S/C20H22N4O2.C15H23N3O2.C10H15N3.C10H9NO3.C9H18N2O2.C5H5ClN2.C2HF3O/c1-3-19(25)23-17-6-4-16(5-7-17)20(26)24-9-8-15(13-24)10-18-12-21-14(2)11-22-18;1-11-8-17-13(9-16-11)7-12-5-6-18(10-12)14(19)20-15(2,3)4;1-8-5-13-10(7-12-8)4-9-2-3-11-6-9;1-2-9(12)11-8-5-3-7(4-6-8)10(13)14;1-9(2,3)13-8(12)11-5-4-7(10)6-11;1-4-2-8-5(6)3-7-4;3-2(4,5)1-6/h3-7,11-12,15H,1,8-10,13H2,2H3,(H,23,25);8-9,12H,5-7,10H2,1-4H3;5,7,9,11H,2-4,6H2,1H3;2-6H,1H2,(H,11,12)(H,13,14);7H,4-6,10H2,1-3H3;2-3H,1H3;1H/t15-;12-;9-;;7-;;/m000.1../s1. The maximum Gasteiger partial charge on any atom is 0.446 e. The zero-order valence-corrected chi connectivity index (χ0v) is 59.2. The van der Waals surface area contributed by atoms with Crippen LogP contribution in [-0.4, -0.2) is 178 Å². The molecule has 0 radical (unpaired) electrons. The third-order valence-electron chi connectivity index (χ3n) is 14.6. The molecule has 0 bridgehead atoms. The van der Waals surface area contributed by atoms with Crippen LogP contribution in [0, 0.1) is 45.4 Å². The smallest absolute Gasteiger partial charge is 0.446 e. The topological polar surface area (TPSA) is 333 Å². The lowest BCUT2D eigenvalue weighted by Gasteiger charge is -2.24. The molecule has 0 saturated carbocycles. The van der Waals surface area contributed by atoms with Gasteiger partial charge in [0.15, 0.2) is 0 Å². The molecule has 4 fully saturated rings. The van der Waals surface area contributed by atoms with E-state index in [2.05, 4.69) is 69.0 Å². The normalized spacial score (nSPS) is 16.7. The van der Waals surface area contributed by atoms with E-state index in [4.69, 9.17) is 36.7 Å². The highest BCUT2D eigenvalue weighted by atomic mass is 35.5. The molecule has 25 nitrogen and oxygen atoms in total. The van der Waals surface area contributed by atoms with Crippen molar-refractivity contribution in [2.75, 3.05) is 63.0 Å². The van der Waals surface area contributed by atoms with E-state index in [0.29, 0.717) is 40.5 Å². The Labute approximate surface area is 587 Å². The molecule has 4 atom stereocenters. The lowest BCUT2D eigenvalue weighted by Crippen LogP contribution is -2.36. The number of aromatic nitrogens is 8. The number of anilines is 2. The summed E-state index contributed by atoms with van der Waals surface area (Å²) in [5.41, 5.74) is 13.6. The number of alkyl halides is 3. The molecule has 5 amide bonds. The molecule has 2 aromatic carbocycles. The first-order chi connectivity index (χ1) is 47.1. The minimum absolute atomic E-state index is 0.0177. The number of amides is 5. The Kier molecular flexibility index (Phi) is 34.0. The van der Waals surface area contributed by atoms with Crippen LogP contribution in [0.25, 0.3) is 0 Å². The molecular weight excluding hydrogens is 1320 g/mol. The molecule has 540 valence electrons. The number of rotatable bonds is 12. The van der Waals surface area contributed by atoms with Crippen molar-refractivity contribution in [3.8, 4) is 0 Å². The van der Waals surface area contributed by atoms with E-state index in [1.807, 2.05) is 98.9 Å². The lowest BCUT2D eigenvalue weighted by molar-refractivity contribution is -0.156. The summed E-state index contributed by atoms with van der Waals surface area (Å²) in [5, 5.41) is 17.6. The summed E-state index contributed by atoms with van der Waals surface area (Å²) in [4.78, 5) is 116. The highest BCUT2D eigenvalue weighted by molar-refractivity contribution is 6.29. The van der Waals surface area contributed by atoms with Gasteiger partial charge in [-0.25, -0.2) is 19.4 Å². The Morgan fingerprint density at radius 2 is 0.950 bits per heavy atom. The van der Waals surface area contributed by atoms with Gasteiger partial charge in [-0.2, -0.15) is 13.2 Å². The summed E-state index contributed by atoms with van der Waals surface area (Å²) < 4.78 is 41.8. The van der Waals surface area contributed by atoms with E-state index in [-0.39, 0.29) is 41.5 Å². The van der Waals surface area contributed by atoms with Crippen molar-refractivity contribution >= 4 is 65.1 Å². The molecule has 6 aromatic rings. The number of ether oxygens (including phenoxy) is 2. The van der Waals surface area contributed by atoms with Crippen molar-refractivity contribution in [1.82, 2.24) is 59.9 Å². The Morgan fingerprint density at radius 3 is 1.28 bits per heavy atom. The number of hydrogen-bond donors (Lipinski definition) is 5. The van der Waals surface area contributed by atoms with Crippen LogP contribution in [0.3, 0.4) is 0 Å². The number of nitrogens with two attached hydrogens (primary N) is 1. The van der Waals surface area contributed by atoms with E-state index in [1.165, 1.54) is 43.0 Å². The highest BCUT2D eigenvalue weighted by Gasteiger charge is 2.32. The number of aldehydes is 1. The molecule has 4 aromatic heterocycles. The van der Waals surface area contributed by atoms with Crippen molar-refractivity contribution in [3.63, 3.8) is 0 Å². The quantitative estimate of drug-likeness (QED) is 0.0561. The lowest BCUT2D eigenvalue weighted by atomic mass is 10.0. The van der Waals surface area contributed by atoms with Crippen molar-refractivity contribution in [2.24, 2.45) is 23.5 Å². The second-order valence-electron chi connectivity index (χ2n) is 25.9. The Bertz CT molecular complexity index is 3540. The average Bonchev–Trinajstić information content (AvgIpc) is 1.69. The van der Waals surface area contributed by atoms with Crippen molar-refractivity contribution in [3.05, 3.63) is 180 Å². The first-order valence-electron chi connectivity index (χ1n) is 32.4. The number of aromatic carboxylic acids is 1. The van der Waals surface area contributed by atoms with Gasteiger partial charge in [0, 0.05) is 106 Å². The van der Waals surface area contributed by atoms with E-state index in [0.717, 1.165) is 136 Å². The van der Waals surface area contributed by atoms with Gasteiger partial charge in [0.1, 0.15) is 16.4 Å². The van der Waals surface area contributed by atoms with Crippen LogP contribution >= 0.6 is 11.6 Å². The largest absolute Gasteiger partial charge is 0.478 e. The van der Waals surface area contributed by atoms with Gasteiger partial charge in [0.05, 0.1) is 51.6 Å². The summed E-state index contributed by atoms with van der Waals surface area (Å²) in [5.74, 6) is 0.0352. The van der Waals surface area contributed by atoms with Gasteiger partial charge in [0.25, 0.3) is 5.91 Å². The first-order valence-corrected chi connectivity index (χ1v) is 32.8. The van der Waals surface area contributed by atoms with Crippen LogP contribution in [-0.2, 0) is 43.1 Å². The Hall–Kier alpha value is -9.67. The van der Waals surface area contributed by atoms with Gasteiger partial charge in [-0.3, -0.25) is 54.1 Å². The van der Waals surface area contributed by atoms with Crippen LogP contribution < -0.4 is 21.7 Å². The summed E-state index contributed by atoms with van der Waals surface area (Å²) in [6.45, 7) is 32.2. The predicted molar refractivity (Wildman–Crippen MR) is 374 cm³/mol. The molecule has 6 N–H and O–H groups in total. The van der Waals surface area contributed by atoms with Gasteiger partial charge >= 0.3 is 24.3 Å². The highest BCUT2D eigenvalue weighted by Crippen LogP contribution is 2.25. The molecule has 29 heteroatoms. The van der Waals surface area contributed by atoms with E-state index >= 15 is 0 Å². The summed E-state index contributed by atoms with van der Waals surface area (Å²) >= 11 is 5.44. The molecule has 0 spiro atoms. The van der Waals surface area contributed by atoms with Crippen molar-refractivity contribution in [1.29, 1.82) is 0 Å². The number of nitrogens with one attached hydrogen (secondary N) is 3. The van der Waals surface area contributed by atoms with E-state index in [9.17, 15) is 41.9 Å². The number of carboxylic acid groups (broad SMARTS) is 1. The van der Waals surface area contributed by atoms with Crippen molar-refractivity contribution in [2.45, 2.75) is 138 Å². The van der Waals surface area contributed by atoms with Crippen LogP contribution in [0.5, 0.6) is 0 Å². The number of carbonyl (C=O) groups excluding carboxylic acids is 6. The van der Waals surface area contributed by atoms with Gasteiger partial charge in [-0.1, -0.05) is 24.8 Å². The fraction of sp³-hybridized carbons (Fsp3) is 0.451. The average molecular weight is 1410 g/mol. The molecular formula is C71H93ClF3N15O10. The van der Waals surface area contributed by atoms with Crippen LogP contribution in [0.1, 0.15) is 128 Å². The number of halogens is 4. The second kappa shape index (κ2) is 41.0. The fourth-order valence-corrected chi connectivity index (χ4v) is 9.74. The van der Waals surface area contributed by atoms with E-state index in [1.54, 1.807) is 52.7 Å². The minimum Gasteiger partial charge on any atom is -0.478 e. The van der Waals surface area contributed by atoms with Crippen LogP contribution in [0.4, 0.5) is 34.1 Å². The second-order valence-corrected chi connectivity index (χ2v) is 26.3. The predicted octanol–water partition coefficient (Wildman–Crippen LogP) is 10.8.